The Kier molecular flexibility index (Phi) is 4.96. The van der Waals surface area contributed by atoms with Crippen LogP contribution in [0.15, 0.2) is 48.9 Å². The Morgan fingerprint density at radius 3 is 2.85 bits per heavy atom. The summed E-state index contributed by atoms with van der Waals surface area (Å²) in [5.41, 5.74) is 3.86. The second kappa shape index (κ2) is 7.69. The van der Waals surface area contributed by atoms with Crippen molar-refractivity contribution in [1.29, 1.82) is 5.26 Å². The van der Waals surface area contributed by atoms with E-state index in [0.29, 0.717) is 5.56 Å². The van der Waals surface area contributed by atoms with Crippen LogP contribution in [0.3, 0.4) is 0 Å². The molecule has 0 saturated carbocycles. The largest absolute Gasteiger partial charge is 0.314 e. The van der Waals surface area contributed by atoms with Crippen LogP contribution in [0.5, 0.6) is 0 Å². The van der Waals surface area contributed by atoms with E-state index in [1.165, 1.54) is 25.9 Å². The Morgan fingerprint density at radius 1 is 1.15 bits per heavy atom. The highest BCUT2D eigenvalue weighted by Crippen LogP contribution is 2.24. The van der Waals surface area contributed by atoms with Crippen molar-refractivity contribution in [1.82, 2.24) is 19.8 Å². The number of nitrogens with one attached hydrogen (secondary N) is 1. The first-order valence-electron chi connectivity index (χ1n) is 9.23. The van der Waals surface area contributed by atoms with Crippen LogP contribution >= 0.6 is 0 Å². The molecule has 1 aromatic carbocycles. The average Bonchev–Trinajstić information content (AvgIpc) is 3.33. The average molecular weight is 345 g/mol. The third-order valence-electron chi connectivity index (χ3n) is 5.02. The zero-order valence-electron chi connectivity index (χ0n) is 14.9. The van der Waals surface area contributed by atoms with Gasteiger partial charge in [0.1, 0.15) is 6.07 Å². The van der Waals surface area contributed by atoms with Crippen molar-refractivity contribution in [2.75, 3.05) is 26.2 Å². The third kappa shape index (κ3) is 3.48. The minimum absolute atomic E-state index is 0.690. The molecule has 4 rings (SSSR count). The van der Waals surface area contributed by atoms with Crippen LogP contribution in [0.2, 0.25) is 0 Å². The highest BCUT2D eigenvalue weighted by atomic mass is 15.1. The molecule has 0 spiro atoms. The van der Waals surface area contributed by atoms with E-state index >= 15 is 0 Å². The fraction of sp³-hybridized carbons (Fsp3) is 0.333. The Labute approximate surface area is 153 Å². The van der Waals surface area contributed by atoms with Crippen LogP contribution in [-0.4, -0.2) is 40.6 Å². The molecule has 1 N–H and O–H groups in total. The van der Waals surface area contributed by atoms with Crippen molar-refractivity contribution in [3.8, 4) is 11.8 Å². The van der Waals surface area contributed by atoms with Gasteiger partial charge in [-0.05, 0) is 43.6 Å². The number of fused-ring (bicyclic) bond motifs is 1. The molecule has 0 unspecified atom stereocenters. The lowest BCUT2D eigenvalue weighted by Crippen LogP contribution is -2.29. The standard InChI is InChI=1S/C21H23N5/c22-12-18-16-26(21-6-2-1-5-20(18)21)19-11-17(14-24-15-19)13-23-7-10-25-8-3-4-9-25/h1-2,5-6,11,14-16,23H,3-4,7-10,13H2. The van der Waals surface area contributed by atoms with Gasteiger partial charge in [-0.2, -0.15) is 5.26 Å². The van der Waals surface area contributed by atoms with E-state index in [0.717, 1.165) is 41.8 Å². The summed E-state index contributed by atoms with van der Waals surface area (Å²) in [6.45, 7) is 5.39. The molecule has 0 amide bonds. The fourth-order valence-corrected chi connectivity index (χ4v) is 3.66. The molecule has 1 saturated heterocycles. The minimum Gasteiger partial charge on any atom is -0.314 e. The molecule has 2 aromatic heterocycles. The number of likely N-dealkylation sites (tertiary alicyclic amines) is 1. The Bertz CT molecular complexity index is 931. The molecule has 1 fully saturated rings. The summed E-state index contributed by atoms with van der Waals surface area (Å²) in [4.78, 5) is 6.92. The molecular weight excluding hydrogens is 322 g/mol. The summed E-state index contributed by atoms with van der Waals surface area (Å²) in [6, 6.07) is 12.4. The van der Waals surface area contributed by atoms with Crippen molar-refractivity contribution in [2.45, 2.75) is 19.4 Å². The highest BCUT2D eigenvalue weighted by molar-refractivity contribution is 5.87. The monoisotopic (exact) mass is 345 g/mol. The van der Waals surface area contributed by atoms with Crippen LogP contribution < -0.4 is 5.32 Å². The molecule has 0 bridgehead atoms. The number of hydrogen-bond donors (Lipinski definition) is 1. The van der Waals surface area contributed by atoms with E-state index in [9.17, 15) is 5.26 Å². The summed E-state index contributed by atoms with van der Waals surface area (Å²) in [7, 11) is 0. The number of aromatic nitrogens is 2. The number of pyridine rings is 1. The van der Waals surface area contributed by atoms with E-state index < -0.39 is 0 Å². The van der Waals surface area contributed by atoms with Gasteiger partial charge in [0.25, 0.3) is 0 Å². The molecule has 3 aromatic rings. The fourth-order valence-electron chi connectivity index (χ4n) is 3.66. The summed E-state index contributed by atoms with van der Waals surface area (Å²) >= 11 is 0. The van der Waals surface area contributed by atoms with Crippen molar-refractivity contribution in [3.63, 3.8) is 0 Å². The molecule has 0 radical (unpaired) electrons. The number of benzene rings is 1. The zero-order valence-corrected chi connectivity index (χ0v) is 14.9. The topological polar surface area (TPSA) is 56.9 Å². The molecule has 1 aliphatic heterocycles. The van der Waals surface area contributed by atoms with Crippen LogP contribution in [0, 0.1) is 11.3 Å². The number of rotatable bonds is 6. The predicted molar refractivity (Wildman–Crippen MR) is 103 cm³/mol. The number of hydrogen-bond acceptors (Lipinski definition) is 4. The molecule has 0 aliphatic carbocycles. The summed E-state index contributed by atoms with van der Waals surface area (Å²) in [5.74, 6) is 0. The SMILES string of the molecule is N#Cc1cn(-c2cncc(CNCCN3CCCC3)c2)c2ccccc12. The highest BCUT2D eigenvalue weighted by Gasteiger charge is 2.11. The molecule has 132 valence electrons. The van der Waals surface area contributed by atoms with Crippen LogP contribution in [0.4, 0.5) is 0 Å². The molecule has 5 nitrogen and oxygen atoms in total. The van der Waals surface area contributed by atoms with E-state index in [-0.39, 0.29) is 0 Å². The minimum atomic E-state index is 0.690. The van der Waals surface area contributed by atoms with E-state index in [4.69, 9.17) is 0 Å². The van der Waals surface area contributed by atoms with Crippen LogP contribution in [0.1, 0.15) is 24.0 Å². The molecule has 3 heterocycles. The maximum Gasteiger partial charge on any atom is 0.101 e. The molecule has 1 aliphatic rings. The summed E-state index contributed by atoms with van der Waals surface area (Å²) < 4.78 is 2.05. The van der Waals surface area contributed by atoms with Crippen molar-refractivity contribution >= 4 is 10.9 Å². The van der Waals surface area contributed by atoms with Gasteiger partial charge in [0, 0.05) is 37.4 Å². The second-order valence-electron chi connectivity index (χ2n) is 6.82. The molecule has 26 heavy (non-hydrogen) atoms. The van der Waals surface area contributed by atoms with E-state index in [2.05, 4.69) is 31.9 Å². The third-order valence-corrected chi connectivity index (χ3v) is 5.02. The van der Waals surface area contributed by atoms with Gasteiger partial charge < -0.3 is 14.8 Å². The smallest absolute Gasteiger partial charge is 0.101 e. The van der Waals surface area contributed by atoms with Crippen molar-refractivity contribution < 1.29 is 0 Å². The second-order valence-corrected chi connectivity index (χ2v) is 6.82. The lowest BCUT2D eigenvalue weighted by atomic mass is 10.2. The zero-order chi connectivity index (χ0) is 17.8. The predicted octanol–water partition coefficient (Wildman–Crippen LogP) is 3.08. The van der Waals surface area contributed by atoms with E-state index in [1.54, 1.807) is 0 Å². The Morgan fingerprint density at radius 2 is 2.00 bits per heavy atom. The first-order valence-corrected chi connectivity index (χ1v) is 9.23. The normalized spacial score (nSPS) is 14.7. The lowest BCUT2D eigenvalue weighted by Gasteiger charge is -2.15. The van der Waals surface area contributed by atoms with Gasteiger partial charge in [-0.3, -0.25) is 4.98 Å². The molecular formula is C21H23N5. The molecule has 0 atom stereocenters. The van der Waals surface area contributed by atoms with Crippen LogP contribution in [-0.2, 0) is 6.54 Å². The first kappa shape index (κ1) is 16.8. The lowest BCUT2D eigenvalue weighted by molar-refractivity contribution is 0.335. The van der Waals surface area contributed by atoms with Gasteiger partial charge in [-0.1, -0.05) is 18.2 Å². The maximum absolute atomic E-state index is 9.39. The summed E-state index contributed by atoms with van der Waals surface area (Å²) in [5, 5.41) is 13.9. The van der Waals surface area contributed by atoms with Gasteiger partial charge in [-0.15, -0.1) is 0 Å². The number of nitrogens with zero attached hydrogens (tertiary/aromatic N) is 4. The van der Waals surface area contributed by atoms with Gasteiger partial charge >= 0.3 is 0 Å². The Balaban J connectivity index is 1.48. The first-order chi connectivity index (χ1) is 12.8. The number of para-hydroxylation sites is 1. The number of nitriles is 1. The molecule has 5 heteroatoms. The van der Waals surface area contributed by atoms with Gasteiger partial charge in [-0.25, -0.2) is 0 Å². The van der Waals surface area contributed by atoms with Gasteiger partial charge in [0.2, 0.25) is 0 Å². The quantitative estimate of drug-likeness (QED) is 0.698. The van der Waals surface area contributed by atoms with Gasteiger partial charge in [0.05, 0.1) is 23.0 Å². The summed E-state index contributed by atoms with van der Waals surface area (Å²) in [6.07, 6.45) is 8.32. The maximum atomic E-state index is 9.39. The Hall–Kier alpha value is -2.68. The van der Waals surface area contributed by atoms with E-state index in [1.807, 2.05) is 42.9 Å². The van der Waals surface area contributed by atoms with Crippen molar-refractivity contribution in [2.24, 2.45) is 0 Å². The van der Waals surface area contributed by atoms with Crippen LogP contribution in [0.25, 0.3) is 16.6 Å². The van der Waals surface area contributed by atoms with Crippen molar-refractivity contribution in [3.05, 3.63) is 60.0 Å². The van der Waals surface area contributed by atoms with Gasteiger partial charge in [0.15, 0.2) is 0 Å².